The molecule has 0 aliphatic carbocycles. The molecule has 4 nitrogen and oxygen atoms in total. The lowest BCUT2D eigenvalue weighted by Crippen LogP contribution is -2.23. The third-order valence-electron chi connectivity index (χ3n) is 3.53. The average Bonchev–Trinajstić information content (AvgIpc) is 2.55. The van der Waals surface area contributed by atoms with Gasteiger partial charge < -0.3 is 19.9 Å². The van der Waals surface area contributed by atoms with E-state index in [9.17, 15) is 9.50 Å². The zero-order chi connectivity index (χ0) is 15.4. The minimum absolute atomic E-state index is 0. The monoisotopic (exact) mass is 339 g/mol. The maximum atomic E-state index is 13.1. The molecule has 2 aromatic carbocycles. The summed E-state index contributed by atoms with van der Waals surface area (Å²) in [7, 11) is 0. The SMILES string of the molecule is Cl.OC(CNCc1cccc2c1OCCO2)c1cccc(F)c1. The molecule has 0 bridgehead atoms. The van der Waals surface area contributed by atoms with E-state index in [0.29, 0.717) is 31.9 Å². The van der Waals surface area contributed by atoms with Crippen molar-refractivity contribution < 1.29 is 19.0 Å². The van der Waals surface area contributed by atoms with Gasteiger partial charge in [-0.2, -0.15) is 0 Å². The van der Waals surface area contributed by atoms with Gasteiger partial charge in [0.2, 0.25) is 0 Å². The molecule has 0 radical (unpaired) electrons. The first-order chi connectivity index (χ1) is 10.7. The van der Waals surface area contributed by atoms with Crippen LogP contribution in [0, 0.1) is 5.82 Å². The topological polar surface area (TPSA) is 50.7 Å². The largest absolute Gasteiger partial charge is 0.486 e. The minimum atomic E-state index is -0.757. The van der Waals surface area contributed by atoms with Crippen LogP contribution in [0.25, 0.3) is 0 Å². The molecular weight excluding hydrogens is 321 g/mol. The molecule has 1 aliphatic heterocycles. The number of halogens is 2. The van der Waals surface area contributed by atoms with E-state index in [1.807, 2.05) is 18.2 Å². The van der Waals surface area contributed by atoms with Crippen molar-refractivity contribution >= 4 is 12.4 Å². The standard InChI is InChI=1S/C17H18FNO3.ClH/c18-14-5-1-3-12(9-14)15(20)11-19-10-13-4-2-6-16-17(13)22-8-7-21-16;/h1-6,9,15,19-20H,7-8,10-11H2;1H. The maximum Gasteiger partial charge on any atom is 0.165 e. The van der Waals surface area contributed by atoms with Gasteiger partial charge in [-0.15, -0.1) is 12.4 Å². The summed E-state index contributed by atoms with van der Waals surface area (Å²) in [4.78, 5) is 0. The molecule has 1 unspecified atom stereocenters. The Kier molecular flexibility index (Phi) is 6.21. The highest BCUT2D eigenvalue weighted by molar-refractivity contribution is 5.85. The van der Waals surface area contributed by atoms with E-state index in [2.05, 4.69) is 5.32 Å². The lowest BCUT2D eigenvalue weighted by atomic mass is 10.1. The van der Waals surface area contributed by atoms with Gasteiger partial charge >= 0.3 is 0 Å². The van der Waals surface area contributed by atoms with E-state index < -0.39 is 6.10 Å². The molecule has 2 aromatic rings. The van der Waals surface area contributed by atoms with Crippen molar-refractivity contribution in [1.29, 1.82) is 0 Å². The summed E-state index contributed by atoms with van der Waals surface area (Å²) >= 11 is 0. The van der Waals surface area contributed by atoms with Gasteiger partial charge in [0.1, 0.15) is 19.0 Å². The summed E-state index contributed by atoms with van der Waals surface area (Å²) in [6, 6.07) is 11.7. The second kappa shape index (κ2) is 8.15. The molecule has 6 heteroatoms. The highest BCUT2D eigenvalue weighted by Crippen LogP contribution is 2.33. The molecule has 2 N–H and O–H groups in total. The molecule has 0 fully saturated rings. The van der Waals surface area contributed by atoms with Crippen molar-refractivity contribution in [3.05, 3.63) is 59.4 Å². The number of nitrogens with one attached hydrogen (secondary N) is 1. The normalized spacial score (nSPS) is 14.0. The predicted octanol–water partition coefficient (Wildman–Crippen LogP) is 2.84. The predicted molar refractivity (Wildman–Crippen MR) is 87.7 cm³/mol. The number of hydrogen-bond donors (Lipinski definition) is 2. The number of fused-ring (bicyclic) bond motifs is 1. The van der Waals surface area contributed by atoms with E-state index in [1.165, 1.54) is 12.1 Å². The number of ether oxygens (including phenoxy) is 2. The molecule has 0 saturated heterocycles. The van der Waals surface area contributed by atoms with Crippen LogP contribution in [0.3, 0.4) is 0 Å². The molecule has 124 valence electrons. The average molecular weight is 340 g/mol. The molecule has 1 atom stereocenters. The van der Waals surface area contributed by atoms with Gasteiger partial charge in [-0.1, -0.05) is 24.3 Å². The fourth-order valence-corrected chi connectivity index (χ4v) is 2.45. The third kappa shape index (κ3) is 4.34. The Morgan fingerprint density at radius 2 is 1.91 bits per heavy atom. The Hall–Kier alpha value is -1.82. The highest BCUT2D eigenvalue weighted by atomic mass is 35.5. The lowest BCUT2D eigenvalue weighted by molar-refractivity contribution is 0.166. The van der Waals surface area contributed by atoms with Crippen LogP contribution in [-0.2, 0) is 6.54 Å². The van der Waals surface area contributed by atoms with Gasteiger partial charge in [0, 0.05) is 18.7 Å². The summed E-state index contributed by atoms with van der Waals surface area (Å²) < 4.78 is 24.3. The Morgan fingerprint density at radius 3 is 2.74 bits per heavy atom. The molecule has 0 spiro atoms. The summed E-state index contributed by atoms with van der Waals surface area (Å²) in [5, 5.41) is 13.2. The van der Waals surface area contributed by atoms with Crippen LogP contribution >= 0.6 is 12.4 Å². The number of benzene rings is 2. The van der Waals surface area contributed by atoms with Gasteiger partial charge in [-0.05, 0) is 23.8 Å². The van der Waals surface area contributed by atoms with Crippen LogP contribution in [0.2, 0.25) is 0 Å². The van der Waals surface area contributed by atoms with Crippen LogP contribution in [-0.4, -0.2) is 24.9 Å². The number of para-hydroxylation sites is 1. The fourth-order valence-electron chi connectivity index (χ4n) is 2.45. The Morgan fingerprint density at radius 1 is 1.13 bits per heavy atom. The van der Waals surface area contributed by atoms with Crippen LogP contribution in [0.1, 0.15) is 17.2 Å². The zero-order valence-corrected chi connectivity index (χ0v) is 13.3. The van der Waals surface area contributed by atoms with Crippen molar-refractivity contribution in [2.24, 2.45) is 0 Å². The second-order valence-corrected chi connectivity index (χ2v) is 5.14. The lowest BCUT2D eigenvalue weighted by Gasteiger charge is -2.21. The van der Waals surface area contributed by atoms with Crippen LogP contribution in [0.4, 0.5) is 4.39 Å². The van der Waals surface area contributed by atoms with Crippen LogP contribution < -0.4 is 14.8 Å². The number of aliphatic hydroxyl groups is 1. The van der Waals surface area contributed by atoms with E-state index in [-0.39, 0.29) is 18.2 Å². The summed E-state index contributed by atoms with van der Waals surface area (Å²) in [6.07, 6.45) is -0.757. The van der Waals surface area contributed by atoms with Crippen molar-refractivity contribution in [1.82, 2.24) is 5.32 Å². The smallest absolute Gasteiger partial charge is 0.165 e. The molecular formula is C17H19ClFNO3. The minimum Gasteiger partial charge on any atom is -0.486 e. The molecule has 0 aromatic heterocycles. The van der Waals surface area contributed by atoms with E-state index in [0.717, 1.165) is 17.1 Å². The Bertz CT molecular complexity index is 653. The maximum absolute atomic E-state index is 13.1. The molecule has 23 heavy (non-hydrogen) atoms. The summed E-state index contributed by atoms with van der Waals surface area (Å²) in [6.45, 7) is 1.96. The number of hydrogen-bond acceptors (Lipinski definition) is 4. The van der Waals surface area contributed by atoms with E-state index in [4.69, 9.17) is 9.47 Å². The highest BCUT2D eigenvalue weighted by Gasteiger charge is 2.15. The summed E-state index contributed by atoms with van der Waals surface area (Å²) in [5.41, 5.74) is 1.53. The first kappa shape index (κ1) is 17.5. The summed E-state index contributed by atoms with van der Waals surface area (Å²) in [5.74, 6) is 1.15. The van der Waals surface area contributed by atoms with Crippen molar-refractivity contribution in [2.75, 3.05) is 19.8 Å². The van der Waals surface area contributed by atoms with Crippen molar-refractivity contribution in [3.8, 4) is 11.5 Å². The number of rotatable bonds is 5. The third-order valence-corrected chi connectivity index (χ3v) is 3.53. The molecule has 0 saturated carbocycles. The fraction of sp³-hybridized carbons (Fsp3) is 0.294. The van der Waals surface area contributed by atoms with Gasteiger partial charge in [0.15, 0.2) is 11.5 Å². The Labute approximate surface area is 140 Å². The van der Waals surface area contributed by atoms with Crippen molar-refractivity contribution in [3.63, 3.8) is 0 Å². The van der Waals surface area contributed by atoms with E-state index in [1.54, 1.807) is 12.1 Å². The molecule has 0 amide bonds. The van der Waals surface area contributed by atoms with Gasteiger partial charge in [0.25, 0.3) is 0 Å². The quantitative estimate of drug-likeness (QED) is 0.879. The van der Waals surface area contributed by atoms with E-state index >= 15 is 0 Å². The van der Waals surface area contributed by atoms with Gasteiger partial charge in [-0.3, -0.25) is 0 Å². The number of aliphatic hydroxyl groups excluding tert-OH is 1. The first-order valence-electron chi connectivity index (χ1n) is 7.26. The second-order valence-electron chi connectivity index (χ2n) is 5.14. The molecule has 1 aliphatic rings. The van der Waals surface area contributed by atoms with Gasteiger partial charge in [-0.25, -0.2) is 4.39 Å². The van der Waals surface area contributed by atoms with Crippen LogP contribution in [0.5, 0.6) is 11.5 Å². The first-order valence-corrected chi connectivity index (χ1v) is 7.26. The van der Waals surface area contributed by atoms with Gasteiger partial charge in [0.05, 0.1) is 6.10 Å². The Balaban J connectivity index is 0.00000192. The molecule has 1 heterocycles. The van der Waals surface area contributed by atoms with Crippen molar-refractivity contribution in [2.45, 2.75) is 12.6 Å². The molecule has 3 rings (SSSR count). The van der Waals surface area contributed by atoms with Crippen LogP contribution in [0.15, 0.2) is 42.5 Å². The zero-order valence-electron chi connectivity index (χ0n) is 12.5.